The maximum atomic E-state index is 13.2. The Hall–Kier alpha value is -2.33. The molecule has 1 aromatic carbocycles. The van der Waals surface area contributed by atoms with E-state index in [9.17, 15) is 22.8 Å². The van der Waals surface area contributed by atoms with E-state index >= 15 is 0 Å². The van der Waals surface area contributed by atoms with Crippen LogP contribution in [-0.2, 0) is 9.53 Å². The van der Waals surface area contributed by atoms with Crippen LogP contribution in [0.2, 0.25) is 0 Å². The van der Waals surface area contributed by atoms with E-state index < -0.39 is 18.5 Å². The third kappa shape index (κ3) is 7.09. The number of halogens is 3. The first-order chi connectivity index (χ1) is 14.9. The molecule has 1 aliphatic heterocycles. The van der Waals surface area contributed by atoms with Crippen LogP contribution in [0.3, 0.4) is 0 Å². The number of amides is 2. The maximum Gasteiger partial charge on any atom is 0.397 e. The number of carbonyl (C=O) groups excluding carboxylic acids is 2. The van der Waals surface area contributed by atoms with Crippen molar-refractivity contribution >= 4 is 17.5 Å². The summed E-state index contributed by atoms with van der Waals surface area (Å²) < 4.78 is 49.1. The van der Waals surface area contributed by atoms with Crippen LogP contribution in [0.15, 0.2) is 18.2 Å². The second-order valence-corrected chi connectivity index (χ2v) is 8.24. The van der Waals surface area contributed by atoms with Crippen molar-refractivity contribution in [2.75, 3.05) is 45.7 Å². The molecule has 32 heavy (non-hydrogen) atoms. The molecule has 3 atom stereocenters. The molecule has 10 heteroatoms. The van der Waals surface area contributed by atoms with Gasteiger partial charge in [-0.2, -0.15) is 13.2 Å². The number of nitrogens with one attached hydrogen (secondary N) is 1. The Labute approximate surface area is 186 Å². The van der Waals surface area contributed by atoms with Gasteiger partial charge in [0.15, 0.2) is 0 Å². The first-order valence-corrected chi connectivity index (χ1v) is 10.6. The third-order valence-corrected chi connectivity index (χ3v) is 5.62. The van der Waals surface area contributed by atoms with Gasteiger partial charge in [-0.1, -0.05) is 13.8 Å². The Balaban J connectivity index is 2.37. The number of nitrogens with zero attached hydrogens (tertiary/aromatic N) is 2. The average molecular weight is 460 g/mol. The van der Waals surface area contributed by atoms with Gasteiger partial charge < -0.3 is 19.7 Å². The molecule has 1 N–H and O–H groups in total. The van der Waals surface area contributed by atoms with Crippen LogP contribution in [0.4, 0.5) is 18.9 Å². The highest BCUT2D eigenvalue weighted by Crippen LogP contribution is 2.27. The fourth-order valence-corrected chi connectivity index (χ4v) is 3.76. The normalized spacial score (nSPS) is 23.6. The zero-order chi connectivity index (χ0) is 24.1. The number of anilines is 1. The monoisotopic (exact) mass is 459 g/mol. The zero-order valence-electron chi connectivity index (χ0n) is 19.2. The fraction of sp³-hybridized carbons (Fsp3) is 0.636. The lowest BCUT2D eigenvalue weighted by atomic mass is 10.0. The second kappa shape index (κ2) is 11.0. The Morgan fingerprint density at radius 1 is 1.28 bits per heavy atom. The number of alkyl halides is 3. The number of hydrogen-bond acceptors (Lipinski definition) is 5. The molecule has 0 radical (unpaired) electrons. The van der Waals surface area contributed by atoms with Gasteiger partial charge in [-0.25, -0.2) is 0 Å². The molecule has 0 saturated heterocycles. The molecule has 0 saturated carbocycles. The van der Waals surface area contributed by atoms with Gasteiger partial charge in [0.1, 0.15) is 18.8 Å². The molecule has 1 aromatic rings. The predicted molar refractivity (Wildman–Crippen MR) is 115 cm³/mol. The summed E-state index contributed by atoms with van der Waals surface area (Å²) in [6.07, 6.45) is -6.43. The molecule has 0 spiro atoms. The van der Waals surface area contributed by atoms with Gasteiger partial charge in [-0.05, 0) is 37.6 Å². The van der Waals surface area contributed by atoms with Crippen molar-refractivity contribution in [2.45, 2.75) is 45.5 Å². The largest absolute Gasteiger partial charge is 0.491 e. The van der Waals surface area contributed by atoms with Crippen molar-refractivity contribution in [3.8, 4) is 5.75 Å². The standard InChI is InChI=1S/C22H32F3N3O4/c1-6-28-11-14(2)19(31-5)12-27(4)21(30)17-9-16(26-20(29)10-22(23,24)25)7-8-18(17)32-13-15(28)3/h7-9,14-15,19H,6,10-13H2,1-5H3,(H,26,29)/t14-,15-,19-/m1/s1. The summed E-state index contributed by atoms with van der Waals surface area (Å²) in [5.41, 5.74) is 0.256. The number of carbonyl (C=O) groups is 2. The summed E-state index contributed by atoms with van der Waals surface area (Å²) >= 11 is 0. The van der Waals surface area contributed by atoms with Crippen molar-refractivity contribution < 1.29 is 32.2 Å². The maximum absolute atomic E-state index is 13.2. The summed E-state index contributed by atoms with van der Waals surface area (Å²) in [4.78, 5) is 28.6. The van der Waals surface area contributed by atoms with Crippen molar-refractivity contribution in [1.29, 1.82) is 0 Å². The summed E-state index contributed by atoms with van der Waals surface area (Å²) in [6.45, 7) is 8.40. The number of rotatable bonds is 4. The van der Waals surface area contributed by atoms with E-state index in [0.29, 0.717) is 18.9 Å². The molecule has 7 nitrogen and oxygen atoms in total. The average Bonchev–Trinajstić information content (AvgIpc) is 2.71. The molecular weight excluding hydrogens is 427 g/mol. The Bertz CT molecular complexity index is 803. The van der Waals surface area contributed by atoms with Gasteiger partial charge in [0.25, 0.3) is 5.91 Å². The lowest BCUT2D eigenvalue weighted by Gasteiger charge is -2.35. The van der Waals surface area contributed by atoms with Gasteiger partial charge in [-0.15, -0.1) is 0 Å². The Kier molecular flexibility index (Phi) is 8.91. The topological polar surface area (TPSA) is 71.1 Å². The number of fused-ring (bicyclic) bond motifs is 1. The van der Waals surface area contributed by atoms with E-state index in [0.717, 1.165) is 13.1 Å². The highest BCUT2D eigenvalue weighted by atomic mass is 19.4. The number of benzene rings is 1. The molecule has 1 aliphatic rings. The predicted octanol–water partition coefficient (Wildman–Crippen LogP) is 3.40. The number of hydrogen-bond donors (Lipinski definition) is 1. The van der Waals surface area contributed by atoms with Crippen molar-refractivity contribution in [3.05, 3.63) is 23.8 Å². The van der Waals surface area contributed by atoms with Crippen LogP contribution in [0.1, 0.15) is 37.6 Å². The van der Waals surface area contributed by atoms with E-state index in [2.05, 4.69) is 24.1 Å². The minimum Gasteiger partial charge on any atom is -0.491 e. The van der Waals surface area contributed by atoms with Gasteiger partial charge in [-0.3, -0.25) is 14.5 Å². The molecule has 2 rings (SSSR count). The van der Waals surface area contributed by atoms with Crippen LogP contribution in [-0.4, -0.2) is 80.3 Å². The molecule has 0 aliphatic carbocycles. The van der Waals surface area contributed by atoms with Gasteiger partial charge in [0.2, 0.25) is 5.91 Å². The minimum absolute atomic E-state index is 0.0613. The molecule has 0 unspecified atom stereocenters. The van der Waals surface area contributed by atoms with Gasteiger partial charge >= 0.3 is 6.18 Å². The number of likely N-dealkylation sites (N-methyl/N-ethyl adjacent to an activating group) is 2. The van der Waals surface area contributed by atoms with Crippen molar-refractivity contribution in [2.24, 2.45) is 5.92 Å². The lowest BCUT2D eigenvalue weighted by molar-refractivity contribution is -0.150. The summed E-state index contributed by atoms with van der Waals surface area (Å²) in [5.74, 6) is -1.12. The smallest absolute Gasteiger partial charge is 0.397 e. The molecule has 180 valence electrons. The number of methoxy groups -OCH3 is 1. The van der Waals surface area contributed by atoms with Crippen molar-refractivity contribution in [3.63, 3.8) is 0 Å². The molecule has 2 amide bonds. The molecular formula is C22H32F3N3O4. The van der Waals surface area contributed by atoms with E-state index in [1.807, 2.05) is 6.92 Å². The second-order valence-electron chi connectivity index (χ2n) is 8.24. The van der Waals surface area contributed by atoms with E-state index in [-0.39, 0.29) is 35.2 Å². The van der Waals surface area contributed by atoms with E-state index in [4.69, 9.17) is 9.47 Å². The van der Waals surface area contributed by atoms with Crippen LogP contribution in [0.25, 0.3) is 0 Å². The number of ether oxygens (including phenoxy) is 2. The summed E-state index contributed by atoms with van der Waals surface area (Å²) in [5, 5.41) is 2.20. The fourth-order valence-electron chi connectivity index (χ4n) is 3.76. The summed E-state index contributed by atoms with van der Waals surface area (Å²) in [6, 6.07) is 4.33. The Morgan fingerprint density at radius 3 is 2.56 bits per heavy atom. The molecule has 0 bridgehead atoms. The molecule has 0 fully saturated rings. The highest BCUT2D eigenvalue weighted by Gasteiger charge is 2.32. The Morgan fingerprint density at radius 2 is 1.97 bits per heavy atom. The van der Waals surface area contributed by atoms with Crippen LogP contribution in [0, 0.1) is 5.92 Å². The van der Waals surface area contributed by atoms with Gasteiger partial charge in [0.05, 0.1) is 11.7 Å². The van der Waals surface area contributed by atoms with Crippen molar-refractivity contribution in [1.82, 2.24) is 9.80 Å². The highest BCUT2D eigenvalue weighted by molar-refractivity contribution is 5.99. The molecule has 0 aromatic heterocycles. The van der Waals surface area contributed by atoms with Crippen LogP contribution in [0.5, 0.6) is 5.75 Å². The van der Waals surface area contributed by atoms with Crippen LogP contribution >= 0.6 is 0 Å². The summed E-state index contributed by atoms with van der Waals surface area (Å²) in [7, 11) is 3.24. The quantitative estimate of drug-likeness (QED) is 0.747. The van der Waals surface area contributed by atoms with Crippen LogP contribution < -0.4 is 10.1 Å². The lowest BCUT2D eigenvalue weighted by Crippen LogP contribution is -2.46. The first-order valence-electron chi connectivity index (χ1n) is 10.6. The van der Waals surface area contributed by atoms with E-state index in [1.54, 1.807) is 14.2 Å². The SMILES string of the molecule is CCN1C[C@@H](C)[C@H](OC)CN(C)C(=O)c2cc(NC(=O)CC(F)(F)F)ccc2OC[C@H]1C. The zero-order valence-corrected chi connectivity index (χ0v) is 19.2. The van der Waals surface area contributed by atoms with E-state index in [1.165, 1.54) is 23.1 Å². The minimum atomic E-state index is -4.62. The van der Waals surface area contributed by atoms with Gasteiger partial charge in [0, 0.05) is 39.0 Å². The first kappa shape index (κ1) is 25.9. The molecule has 1 heterocycles. The third-order valence-electron chi connectivity index (χ3n) is 5.62.